The number of anilines is 1. The summed E-state index contributed by atoms with van der Waals surface area (Å²) in [6.07, 6.45) is 6.71. The van der Waals surface area contributed by atoms with Crippen LogP contribution in [-0.4, -0.2) is 60.8 Å². The molecule has 0 bridgehead atoms. The molecule has 1 saturated heterocycles. The Bertz CT molecular complexity index is 1240. The van der Waals surface area contributed by atoms with Gasteiger partial charge in [-0.15, -0.1) is 0 Å². The van der Waals surface area contributed by atoms with Crippen LogP contribution in [0.5, 0.6) is 11.5 Å². The van der Waals surface area contributed by atoms with Gasteiger partial charge in [0, 0.05) is 38.3 Å². The highest BCUT2D eigenvalue weighted by Crippen LogP contribution is 2.43. The van der Waals surface area contributed by atoms with Gasteiger partial charge in [0.25, 0.3) is 0 Å². The van der Waals surface area contributed by atoms with E-state index in [9.17, 15) is 9.18 Å². The number of ether oxygens (including phenoxy) is 2. The number of benzene rings is 2. The van der Waals surface area contributed by atoms with Crippen LogP contribution in [0.15, 0.2) is 40.9 Å². The van der Waals surface area contributed by atoms with E-state index in [2.05, 4.69) is 15.0 Å². The summed E-state index contributed by atoms with van der Waals surface area (Å²) in [5.41, 5.74) is 0.887. The van der Waals surface area contributed by atoms with E-state index < -0.39 is 0 Å². The fourth-order valence-corrected chi connectivity index (χ4v) is 5.80. The summed E-state index contributed by atoms with van der Waals surface area (Å²) in [4.78, 5) is 17.3. The van der Waals surface area contributed by atoms with Crippen LogP contribution in [0.3, 0.4) is 0 Å². The number of aromatic nitrogens is 1. The van der Waals surface area contributed by atoms with Crippen molar-refractivity contribution in [2.24, 2.45) is 0 Å². The van der Waals surface area contributed by atoms with Gasteiger partial charge in [0.15, 0.2) is 17.2 Å². The van der Waals surface area contributed by atoms with Crippen molar-refractivity contribution in [2.75, 3.05) is 44.2 Å². The second kappa shape index (κ2) is 9.73. The topological polar surface area (TPSA) is 68.0 Å². The van der Waals surface area contributed by atoms with Crippen LogP contribution < -0.4 is 14.4 Å². The van der Waals surface area contributed by atoms with Gasteiger partial charge in [-0.2, -0.15) is 0 Å². The smallest absolute Gasteiger partial charge is 0.180 e. The van der Waals surface area contributed by atoms with Gasteiger partial charge in [-0.05, 0) is 69.3 Å². The van der Waals surface area contributed by atoms with Crippen molar-refractivity contribution >= 4 is 22.6 Å². The number of rotatable bonds is 7. The molecule has 2 fully saturated rings. The minimum Gasteiger partial charge on any atom is -0.493 e. The molecule has 0 radical (unpaired) electrons. The Balaban J connectivity index is 0.944. The molecule has 1 saturated carbocycles. The Labute approximate surface area is 210 Å². The first-order valence-corrected chi connectivity index (χ1v) is 13.1. The molecule has 36 heavy (non-hydrogen) atoms. The third kappa shape index (κ3) is 4.66. The Morgan fingerprint density at radius 1 is 1.03 bits per heavy atom. The van der Waals surface area contributed by atoms with E-state index in [0.29, 0.717) is 29.9 Å². The lowest BCUT2D eigenvalue weighted by Crippen LogP contribution is -2.46. The Kier molecular flexibility index (Phi) is 6.29. The van der Waals surface area contributed by atoms with Crippen molar-refractivity contribution in [1.29, 1.82) is 0 Å². The van der Waals surface area contributed by atoms with Crippen molar-refractivity contribution in [3.8, 4) is 11.5 Å². The summed E-state index contributed by atoms with van der Waals surface area (Å²) in [7, 11) is 0. The SMILES string of the molecule is O=C1CC2(CCCC2)Oc2cc(OCCCCN3CCN(c4noc5cc(F)ccc45)CC3)ccc21. The van der Waals surface area contributed by atoms with Crippen molar-refractivity contribution in [2.45, 2.75) is 50.5 Å². The Morgan fingerprint density at radius 3 is 2.69 bits per heavy atom. The normalized spacial score (nSPS) is 19.6. The van der Waals surface area contributed by atoms with Crippen LogP contribution in [0.1, 0.15) is 55.3 Å². The third-order valence-electron chi connectivity index (χ3n) is 7.80. The van der Waals surface area contributed by atoms with E-state index in [1.54, 1.807) is 6.07 Å². The molecule has 3 heterocycles. The summed E-state index contributed by atoms with van der Waals surface area (Å²) < 4.78 is 31.1. The predicted molar refractivity (Wildman–Crippen MR) is 135 cm³/mol. The van der Waals surface area contributed by atoms with E-state index in [-0.39, 0.29) is 17.2 Å². The van der Waals surface area contributed by atoms with Crippen molar-refractivity contribution in [3.05, 3.63) is 47.8 Å². The zero-order chi connectivity index (χ0) is 24.5. The highest BCUT2D eigenvalue weighted by Gasteiger charge is 2.42. The average Bonchev–Trinajstić information content (AvgIpc) is 3.50. The molecule has 3 aromatic rings. The molecule has 190 valence electrons. The standard InChI is InChI=1S/C28H32FN3O4/c29-20-5-7-23-26(17-20)36-30-27(23)32-14-12-31(13-15-32)11-3-4-16-34-21-6-8-22-24(33)19-28(9-1-2-10-28)35-25(22)18-21/h5-8,17-18H,1-4,9-16,19H2. The Morgan fingerprint density at radius 2 is 1.86 bits per heavy atom. The summed E-state index contributed by atoms with van der Waals surface area (Å²) in [6.45, 7) is 5.30. The lowest BCUT2D eigenvalue weighted by Gasteiger charge is -2.35. The van der Waals surface area contributed by atoms with Gasteiger partial charge in [0.1, 0.15) is 22.9 Å². The molecule has 2 aliphatic heterocycles. The molecule has 6 rings (SSSR count). The number of piperazine rings is 1. The Hall–Kier alpha value is -3.13. The zero-order valence-corrected chi connectivity index (χ0v) is 20.5. The maximum atomic E-state index is 13.4. The summed E-state index contributed by atoms with van der Waals surface area (Å²) >= 11 is 0. The number of halogens is 1. The zero-order valence-electron chi connectivity index (χ0n) is 20.5. The minimum atomic E-state index is -0.313. The molecule has 0 amide bonds. The molecular weight excluding hydrogens is 461 g/mol. The van der Waals surface area contributed by atoms with Gasteiger partial charge in [-0.25, -0.2) is 4.39 Å². The van der Waals surface area contributed by atoms with Gasteiger partial charge in [0.05, 0.1) is 24.0 Å². The molecule has 1 aliphatic carbocycles. The van der Waals surface area contributed by atoms with Gasteiger partial charge in [0.2, 0.25) is 0 Å². The van der Waals surface area contributed by atoms with Crippen molar-refractivity contribution < 1.29 is 23.2 Å². The quantitative estimate of drug-likeness (QED) is 0.418. The third-order valence-corrected chi connectivity index (χ3v) is 7.80. The highest BCUT2D eigenvalue weighted by atomic mass is 19.1. The number of carbonyl (C=O) groups is 1. The van der Waals surface area contributed by atoms with Gasteiger partial charge >= 0.3 is 0 Å². The van der Waals surface area contributed by atoms with Crippen LogP contribution >= 0.6 is 0 Å². The first-order chi connectivity index (χ1) is 17.6. The number of unbranched alkanes of at least 4 members (excludes halogenated alkanes) is 1. The van der Waals surface area contributed by atoms with Crippen LogP contribution in [0, 0.1) is 5.82 Å². The molecule has 1 aromatic heterocycles. The number of hydrogen-bond acceptors (Lipinski definition) is 7. The number of hydrogen-bond donors (Lipinski definition) is 0. The number of carbonyl (C=O) groups excluding carboxylic acids is 1. The number of nitrogens with zero attached hydrogens (tertiary/aromatic N) is 3. The maximum absolute atomic E-state index is 13.4. The molecule has 0 atom stereocenters. The largest absolute Gasteiger partial charge is 0.493 e. The molecule has 1 spiro atoms. The fraction of sp³-hybridized carbons (Fsp3) is 0.500. The molecule has 0 unspecified atom stereocenters. The van der Waals surface area contributed by atoms with E-state index >= 15 is 0 Å². The lowest BCUT2D eigenvalue weighted by molar-refractivity contribution is 0.0448. The summed E-state index contributed by atoms with van der Waals surface area (Å²) in [5.74, 6) is 2.13. The molecule has 3 aliphatic rings. The molecule has 2 aromatic carbocycles. The van der Waals surface area contributed by atoms with Crippen molar-refractivity contribution in [3.63, 3.8) is 0 Å². The van der Waals surface area contributed by atoms with Gasteiger partial charge in [-0.3, -0.25) is 9.69 Å². The predicted octanol–water partition coefficient (Wildman–Crippen LogP) is 5.23. The maximum Gasteiger partial charge on any atom is 0.180 e. The number of fused-ring (bicyclic) bond motifs is 2. The van der Waals surface area contributed by atoms with E-state index in [4.69, 9.17) is 14.0 Å². The van der Waals surface area contributed by atoms with E-state index in [1.807, 2.05) is 18.2 Å². The van der Waals surface area contributed by atoms with Crippen molar-refractivity contribution in [1.82, 2.24) is 10.1 Å². The van der Waals surface area contributed by atoms with Gasteiger partial charge in [-0.1, -0.05) is 5.16 Å². The molecule has 8 heteroatoms. The van der Waals surface area contributed by atoms with Crippen LogP contribution in [0.25, 0.3) is 11.0 Å². The second-order valence-electron chi connectivity index (χ2n) is 10.3. The highest BCUT2D eigenvalue weighted by molar-refractivity contribution is 6.00. The van der Waals surface area contributed by atoms with Crippen LogP contribution in [0.2, 0.25) is 0 Å². The first kappa shape index (κ1) is 23.3. The van der Waals surface area contributed by atoms with E-state index in [0.717, 1.165) is 88.2 Å². The van der Waals surface area contributed by atoms with E-state index in [1.165, 1.54) is 12.1 Å². The summed E-state index contributed by atoms with van der Waals surface area (Å²) in [6, 6.07) is 10.2. The van der Waals surface area contributed by atoms with Gasteiger partial charge < -0.3 is 18.9 Å². The summed E-state index contributed by atoms with van der Waals surface area (Å²) in [5, 5.41) is 5.03. The molecule has 7 nitrogen and oxygen atoms in total. The lowest BCUT2D eigenvalue weighted by atomic mass is 9.88. The molecule has 0 N–H and O–H groups in total. The van der Waals surface area contributed by atoms with Crippen LogP contribution in [-0.2, 0) is 0 Å². The fourth-order valence-electron chi connectivity index (χ4n) is 5.80. The second-order valence-corrected chi connectivity index (χ2v) is 10.3. The monoisotopic (exact) mass is 493 g/mol. The number of Topliss-reactive ketones (excluding diaryl/α,β-unsaturated/α-hetero) is 1. The average molecular weight is 494 g/mol. The number of ketones is 1. The minimum absolute atomic E-state index is 0.190. The first-order valence-electron chi connectivity index (χ1n) is 13.1. The van der Waals surface area contributed by atoms with Crippen LogP contribution in [0.4, 0.5) is 10.2 Å². The molecular formula is C28H32FN3O4.